The lowest BCUT2D eigenvalue weighted by molar-refractivity contribution is -0.137. The lowest BCUT2D eigenvalue weighted by Gasteiger charge is -2.17. The third-order valence-corrected chi connectivity index (χ3v) is 2.97. The van der Waals surface area contributed by atoms with Crippen molar-refractivity contribution in [2.75, 3.05) is 19.8 Å². The van der Waals surface area contributed by atoms with E-state index >= 15 is 0 Å². The summed E-state index contributed by atoms with van der Waals surface area (Å²) in [5.41, 5.74) is 1.11. The van der Waals surface area contributed by atoms with Gasteiger partial charge in [-0.2, -0.15) is 5.26 Å². The molecule has 20 heavy (non-hydrogen) atoms. The van der Waals surface area contributed by atoms with Gasteiger partial charge in [-0.1, -0.05) is 12.1 Å². The van der Waals surface area contributed by atoms with Crippen LogP contribution in [0.1, 0.15) is 19.4 Å². The topological polar surface area (TPSA) is 63.5 Å². The van der Waals surface area contributed by atoms with Gasteiger partial charge in [0.15, 0.2) is 12.4 Å². The Kier molecular flexibility index (Phi) is 4.96. The van der Waals surface area contributed by atoms with Crippen LogP contribution in [0.3, 0.4) is 0 Å². The maximum atomic E-state index is 8.49. The first kappa shape index (κ1) is 14.8. The molecule has 1 saturated heterocycles. The number of nitrogens with zero attached hydrogens (tertiary/aromatic N) is 1. The molecule has 0 amide bonds. The van der Waals surface area contributed by atoms with Gasteiger partial charge in [0.1, 0.15) is 11.8 Å². The summed E-state index contributed by atoms with van der Waals surface area (Å²) in [6, 6.07) is 9.67. The molecule has 1 aromatic rings. The van der Waals surface area contributed by atoms with E-state index in [1.165, 1.54) is 0 Å². The quantitative estimate of drug-likeness (QED) is 0.858. The molecule has 0 aromatic heterocycles. The molecule has 0 spiro atoms. The van der Waals surface area contributed by atoms with E-state index in [-0.39, 0.29) is 12.7 Å². The molecule has 0 radical (unpaired) electrons. The van der Waals surface area contributed by atoms with Crippen LogP contribution in [0.15, 0.2) is 24.3 Å². The van der Waals surface area contributed by atoms with Crippen LogP contribution in [0.25, 0.3) is 0 Å². The Labute approximate surface area is 119 Å². The summed E-state index contributed by atoms with van der Waals surface area (Å²) < 4.78 is 16.5. The van der Waals surface area contributed by atoms with Crippen molar-refractivity contribution in [1.82, 2.24) is 5.32 Å². The van der Waals surface area contributed by atoms with Crippen LogP contribution >= 0.6 is 0 Å². The highest BCUT2D eigenvalue weighted by Crippen LogP contribution is 2.21. The second kappa shape index (κ2) is 6.71. The van der Waals surface area contributed by atoms with Crippen LogP contribution in [-0.4, -0.2) is 31.6 Å². The second-order valence-electron chi connectivity index (χ2n) is 5.18. The molecule has 0 aliphatic carbocycles. The minimum atomic E-state index is -0.475. The fourth-order valence-electron chi connectivity index (χ4n) is 2.10. The van der Waals surface area contributed by atoms with Gasteiger partial charge in [0.2, 0.25) is 0 Å². The number of ether oxygens (including phenoxy) is 3. The molecule has 1 aliphatic heterocycles. The first-order chi connectivity index (χ1) is 9.59. The van der Waals surface area contributed by atoms with Crippen LogP contribution in [-0.2, 0) is 16.0 Å². The molecule has 5 heteroatoms. The number of rotatable bonds is 6. The van der Waals surface area contributed by atoms with Gasteiger partial charge in [0.05, 0.1) is 12.7 Å². The van der Waals surface area contributed by atoms with Crippen molar-refractivity contribution in [3.63, 3.8) is 0 Å². The number of benzene rings is 1. The number of nitriles is 1. The summed E-state index contributed by atoms with van der Waals surface area (Å²) in [6.45, 7) is 5.99. The predicted octanol–water partition coefficient (Wildman–Crippen LogP) is 1.83. The zero-order valence-electron chi connectivity index (χ0n) is 11.9. The molecule has 0 bridgehead atoms. The molecule has 1 heterocycles. The fraction of sp³-hybridized carbons (Fsp3) is 0.533. The molecule has 5 nitrogen and oxygen atoms in total. The van der Waals surface area contributed by atoms with Gasteiger partial charge in [0, 0.05) is 13.1 Å². The van der Waals surface area contributed by atoms with Gasteiger partial charge >= 0.3 is 0 Å². The van der Waals surface area contributed by atoms with Gasteiger partial charge in [0.25, 0.3) is 0 Å². The summed E-state index contributed by atoms with van der Waals surface area (Å²) in [4.78, 5) is 0. The van der Waals surface area contributed by atoms with Crippen molar-refractivity contribution in [2.24, 2.45) is 0 Å². The lowest BCUT2D eigenvalue weighted by Crippen LogP contribution is -2.30. The molecule has 2 rings (SSSR count). The first-order valence-electron chi connectivity index (χ1n) is 6.70. The number of nitrogens with one attached hydrogen (secondary N) is 1. The normalized spacial score (nSPS) is 20.6. The summed E-state index contributed by atoms with van der Waals surface area (Å²) in [5, 5.41) is 11.8. The van der Waals surface area contributed by atoms with Gasteiger partial charge in [-0.05, 0) is 31.5 Å². The van der Waals surface area contributed by atoms with Crippen LogP contribution in [0.2, 0.25) is 0 Å². The van der Waals surface area contributed by atoms with Crippen molar-refractivity contribution in [1.29, 1.82) is 5.26 Å². The molecular formula is C15H20N2O3. The largest absolute Gasteiger partial charge is 0.479 e. The van der Waals surface area contributed by atoms with Crippen LogP contribution in [0.5, 0.6) is 5.75 Å². The highest BCUT2D eigenvalue weighted by molar-refractivity contribution is 5.28. The highest BCUT2D eigenvalue weighted by atomic mass is 16.7. The maximum Gasteiger partial charge on any atom is 0.174 e. The Balaban J connectivity index is 1.75. The smallest absolute Gasteiger partial charge is 0.174 e. The summed E-state index contributed by atoms with van der Waals surface area (Å²) >= 11 is 0. The minimum absolute atomic E-state index is 0.0687. The van der Waals surface area contributed by atoms with E-state index in [4.69, 9.17) is 19.5 Å². The standard InChI is InChI=1S/C15H20N2O3/c1-15(2)19-11-14(20-15)10-17-9-12-4-3-5-13(8-12)18-7-6-16/h3-5,8,14,17H,7,9-11H2,1-2H3. The summed E-state index contributed by atoms with van der Waals surface area (Å²) in [7, 11) is 0. The van der Waals surface area contributed by atoms with E-state index in [1.54, 1.807) is 0 Å². The Bertz CT molecular complexity index is 482. The predicted molar refractivity (Wildman–Crippen MR) is 74.2 cm³/mol. The van der Waals surface area contributed by atoms with E-state index in [0.29, 0.717) is 12.4 Å². The zero-order valence-corrected chi connectivity index (χ0v) is 11.9. The Morgan fingerprint density at radius 1 is 1.50 bits per heavy atom. The van der Waals surface area contributed by atoms with Gasteiger partial charge in [-0.25, -0.2) is 0 Å². The van der Waals surface area contributed by atoms with Crippen LogP contribution in [0, 0.1) is 11.3 Å². The van der Waals surface area contributed by atoms with E-state index in [2.05, 4.69) is 5.32 Å². The van der Waals surface area contributed by atoms with Crippen molar-refractivity contribution in [3.05, 3.63) is 29.8 Å². The monoisotopic (exact) mass is 276 g/mol. The van der Waals surface area contributed by atoms with Gasteiger partial charge in [-0.15, -0.1) is 0 Å². The fourth-order valence-corrected chi connectivity index (χ4v) is 2.10. The van der Waals surface area contributed by atoms with Crippen LogP contribution in [0.4, 0.5) is 0 Å². The molecular weight excluding hydrogens is 256 g/mol. The zero-order chi connectivity index (χ0) is 14.4. The third kappa shape index (κ3) is 4.49. The number of hydrogen-bond acceptors (Lipinski definition) is 5. The van der Waals surface area contributed by atoms with Crippen molar-refractivity contribution >= 4 is 0 Å². The van der Waals surface area contributed by atoms with Crippen molar-refractivity contribution < 1.29 is 14.2 Å². The van der Waals surface area contributed by atoms with Crippen LogP contribution < -0.4 is 10.1 Å². The molecule has 1 aliphatic rings. The minimum Gasteiger partial charge on any atom is -0.479 e. The summed E-state index contributed by atoms with van der Waals surface area (Å²) in [6.07, 6.45) is 0.0861. The Morgan fingerprint density at radius 2 is 2.35 bits per heavy atom. The molecule has 1 atom stereocenters. The molecule has 1 unspecified atom stereocenters. The Hall–Kier alpha value is -1.61. The van der Waals surface area contributed by atoms with E-state index in [9.17, 15) is 0 Å². The second-order valence-corrected chi connectivity index (χ2v) is 5.18. The molecule has 1 N–H and O–H groups in total. The van der Waals surface area contributed by atoms with Gasteiger partial charge in [-0.3, -0.25) is 0 Å². The number of hydrogen-bond donors (Lipinski definition) is 1. The van der Waals surface area contributed by atoms with Gasteiger partial charge < -0.3 is 19.5 Å². The third-order valence-electron chi connectivity index (χ3n) is 2.97. The molecule has 1 aromatic carbocycles. The van der Waals surface area contributed by atoms with E-state index in [0.717, 1.165) is 18.7 Å². The van der Waals surface area contributed by atoms with Crippen molar-refractivity contribution in [2.45, 2.75) is 32.3 Å². The molecule has 108 valence electrons. The Morgan fingerprint density at radius 3 is 3.05 bits per heavy atom. The van der Waals surface area contributed by atoms with E-state index < -0.39 is 5.79 Å². The lowest BCUT2D eigenvalue weighted by atomic mass is 10.2. The summed E-state index contributed by atoms with van der Waals surface area (Å²) in [5.74, 6) is 0.240. The van der Waals surface area contributed by atoms with Crippen molar-refractivity contribution in [3.8, 4) is 11.8 Å². The molecule has 1 fully saturated rings. The molecule has 0 saturated carbocycles. The highest BCUT2D eigenvalue weighted by Gasteiger charge is 2.32. The SMILES string of the molecule is CC1(C)OCC(CNCc2cccc(OCC#N)c2)O1. The first-order valence-corrected chi connectivity index (χ1v) is 6.70. The maximum absolute atomic E-state index is 8.49. The average molecular weight is 276 g/mol. The van der Waals surface area contributed by atoms with E-state index in [1.807, 2.05) is 44.2 Å². The average Bonchev–Trinajstić information content (AvgIpc) is 2.76.